The summed E-state index contributed by atoms with van der Waals surface area (Å²) in [6, 6.07) is 7.82. The fourth-order valence-corrected chi connectivity index (χ4v) is 1.80. The Morgan fingerprint density at radius 3 is 2.85 bits per heavy atom. The summed E-state index contributed by atoms with van der Waals surface area (Å²) in [5.74, 6) is 0.636. The quantitative estimate of drug-likeness (QED) is 0.526. The maximum absolute atomic E-state index is 5.27. The molecule has 0 aliphatic rings. The molecule has 13 heavy (non-hydrogen) atoms. The Kier molecular flexibility index (Phi) is 1.86. The van der Waals surface area contributed by atoms with Crippen LogP contribution in [0.2, 0.25) is 0 Å². The molecule has 2 rings (SSSR count). The van der Waals surface area contributed by atoms with E-state index in [4.69, 9.17) is 11.5 Å². The van der Waals surface area contributed by atoms with Gasteiger partial charge in [0, 0.05) is 5.39 Å². The third kappa shape index (κ3) is 1.46. The van der Waals surface area contributed by atoms with Crippen LogP contribution in [-0.4, -0.2) is 10.3 Å². The Bertz CT molecular complexity index is 456. The highest BCUT2D eigenvalue weighted by atomic mass is 32.1. The summed E-state index contributed by atoms with van der Waals surface area (Å²) in [5.41, 5.74) is 10.5. The van der Waals surface area contributed by atoms with Crippen LogP contribution in [0.3, 0.4) is 0 Å². The predicted molar refractivity (Wildman–Crippen MR) is 55.1 cm³/mol. The lowest BCUT2D eigenvalue weighted by molar-refractivity contribution is 1.38. The van der Waals surface area contributed by atoms with Crippen LogP contribution in [0.25, 0.3) is 10.1 Å². The maximum atomic E-state index is 5.27. The number of hydrogen-bond donors (Lipinski definition) is 2. The normalized spacial score (nSPS) is 10.2. The molecule has 1 aromatic carbocycles. The molecule has 66 valence electrons. The molecule has 5 heteroatoms. The molecule has 1 heterocycles. The van der Waals surface area contributed by atoms with Crippen molar-refractivity contribution in [3.05, 3.63) is 24.3 Å². The van der Waals surface area contributed by atoms with E-state index in [1.165, 1.54) is 11.5 Å². The minimum absolute atomic E-state index is 0.0380. The summed E-state index contributed by atoms with van der Waals surface area (Å²) in [5, 5.41) is 0.987. The van der Waals surface area contributed by atoms with Gasteiger partial charge in [-0.05, 0) is 23.7 Å². The third-order valence-electron chi connectivity index (χ3n) is 1.59. The molecule has 4 N–H and O–H groups in total. The SMILES string of the molecule is NC(N)=Nc1nsc2ccccc12. The van der Waals surface area contributed by atoms with Crippen molar-refractivity contribution in [1.82, 2.24) is 4.37 Å². The van der Waals surface area contributed by atoms with Crippen LogP contribution in [-0.2, 0) is 0 Å². The van der Waals surface area contributed by atoms with Crippen molar-refractivity contribution >= 4 is 33.4 Å². The standard InChI is InChI=1S/C8H8N4S/c9-8(10)11-7-5-3-1-2-4-6(5)13-12-7/h1-4H,(H4,9,10,11,12). The number of rotatable bonds is 1. The molecule has 0 radical (unpaired) electrons. The number of fused-ring (bicyclic) bond motifs is 1. The molecule has 0 aliphatic heterocycles. The zero-order valence-electron chi connectivity index (χ0n) is 6.77. The van der Waals surface area contributed by atoms with Crippen LogP contribution in [0, 0.1) is 0 Å². The molecule has 0 aliphatic carbocycles. The van der Waals surface area contributed by atoms with Gasteiger partial charge in [-0.25, -0.2) is 0 Å². The number of nitrogens with two attached hydrogens (primary N) is 2. The van der Waals surface area contributed by atoms with Crippen molar-refractivity contribution in [2.45, 2.75) is 0 Å². The fraction of sp³-hybridized carbons (Fsp3) is 0. The Hall–Kier alpha value is -1.62. The molecule has 0 bridgehead atoms. The van der Waals surface area contributed by atoms with Crippen molar-refractivity contribution in [1.29, 1.82) is 0 Å². The first-order chi connectivity index (χ1) is 6.27. The van der Waals surface area contributed by atoms with Crippen molar-refractivity contribution in [2.75, 3.05) is 0 Å². The van der Waals surface area contributed by atoms with Gasteiger partial charge in [0.1, 0.15) is 0 Å². The molecule has 2 aromatic rings. The van der Waals surface area contributed by atoms with Crippen molar-refractivity contribution in [3.63, 3.8) is 0 Å². The van der Waals surface area contributed by atoms with Crippen LogP contribution in [0.1, 0.15) is 0 Å². The largest absolute Gasteiger partial charge is 0.370 e. The molecular weight excluding hydrogens is 184 g/mol. The van der Waals surface area contributed by atoms with E-state index < -0.39 is 0 Å². The van der Waals surface area contributed by atoms with Gasteiger partial charge in [0.2, 0.25) is 0 Å². The van der Waals surface area contributed by atoms with E-state index in [9.17, 15) is 0 Å². The number of hydrogen-bond acceptors (Lipinski definition) is 3. The van der Waals surface area contributed by atoms with Crippen LogP contribution in [0.4, 0.5) is 5.82 Å². The first-order valence-corrected chi connectivity index (χ1v) is 4.49. The summed E-state index contributed by atoms with van der Waals surface area (Å²) >= 11 is 1.39. The summed E-state index contributed by atoms with van der Waals surface area (Å²) < 4.78 is 5.22. The van der Waals surface area contributed by atoms with E-state index in [1.54, 1.807) is 0 Å². The Balaban J connectivity index is 2.65. The third-order valence-corrected chi connectivity index (χ3v) is 2.41. The Morgan fingerprint density at radius 1 is 1.31 bits per heavy atom. The van der Waals surface area contributed by atoms with Gasteiger partial charge in [-0.3, -0.25) is 0 Å². The predicted octanol–water partition coefficient (Wildman–Crippen LogP) is 1.20. The van der Waals surface area contributed by atoms with Crippen LogP contribution in [0.5, 0.6) is 0 Å². The fourth-order valence-electron chi connectivity index (χ4n) is 1.08. The number of benzene rings is 1. The Labute approximate surface area is 79.1 Å². The van der Waals surface area contributed by atoms with Crippen molar-refractivity contribution < 1.29 is 0 Å². The smallest absolute Gasteiger partial charge is 0.192 e. The van der Waals surface area contributed by atoms with E-state index in [1.807, 2.05) is 24.3 Å². The van der Waals surface area contributed by atoms with Crippen LogP contribution in [0.15, 0.2) is 29.3 Å². The second-order valence-electron chi connectivity index (χ2n) is 2.54. The first-order valence-electron chi connectivity index (χ1n) is 3.71. The number of aliphatic imine (C=N–C) groups is 1. The highest BCUT2D eigenvalue weighted by molar-refractivity contribution is 7.13. The summed E-state index contributed by atoms with van der Waals surface area (Å²) in [7, 11) is 0. The number of nitrogens with zero attached hydrogens (tertiary/aromatic N) is 2. The van der Waals surface area contributed by atoms with Crippen LogP contribution >= 0.6 is 11.5 Å². The van der Waals surface area contributed by atoms with Gasteiger partial charge in [0.15, 0.2) is 11.8 Å². The topological polar surface area (TPSA) is 77.3 Å². The van der Waals surface area contributed by atoms with E-state index in [0.29, 0.717) is 5.82 Å². The van der Waals surface area contributed by atoms with Crippen molar-refractivity contribution in [3.8, 4) is 0 Å². The molecular formula is C8H8N4S. The minimum Gasteiger partial charge on any atom is -0.370 e. The molecule has 0 atom stereocenters. The van der Waals surface area contributed by atoms with E-state index in [-0.39, 0.29) is 5.96 Å². The molecule has 0 amide bonds. The maximum Gasteiger partial charge on any atom is 0.192 e. The minimum atomic E-state index is 0.0380. The molecule has 4 nitrogen and oxygen atoms in total. The average molecular weight is 192 g/mol. The zero-order valence-corrected chi connectivity index (χ0v) is 7.58. The molecule has 0 unspecified atom stereocenters. The van der Waals surface area contributed by atoms with E-state index >= 15 is 0 Å². The van der Waals surface area contributed by atoms with Gasteiger partial charge in [-0.2, -0.15) is 9.37 Å². The molecule has 0 saturated heterocycles. The lowest BCUT2D eigenvalue weighted by Crippen LogP contribution is -2.21. The lowest BCUT2D eigenvalue weighted by Gasteiger charge is -1.89. The zero-order chi connectivity index (χ0) is 9.26. The van der Waals surface area contributed by atoms with Gasteiger partial charge < -0.3 is 11.5 Å². The highest BCUT2D eigenvalue weighted by Crippen LogP contribution is 2.27. The van der Waals surface area contributed by atoms with E-state index in [0.717, 1.165) is 10.1 Å². The highest BCUT2D eigenvalue weighted by Gasteiger charge is 2.02. The Morgan fingerprint density at radius 2 is 2.08 bits per heavy atom. The molecule has 1 aromatic heterocycles. The van der Waals surface area contributed by atoms with Gasteiger partial charge >= 0.3 is 0 Å². The second-order valence-corrected chi connectivity index (χ2v) is 3.34. The molecule has 0 fully saturated rings. The molecule has 0 spiro atoms. The van der Waals surface area contributed by atoms with Gasteiger partial charge in [-0.15, -0.1) is 0 Å². The van der Waals surface area contributed by atoms with Crippen LogP contribution < -0.4 is 11.5 Å². The van der Waals surface area contributed by atoms with Crippen molar-refractivity contribution in [2.24, 2.45) is 16.5 Å². The molecule has 0 saturated carbocycles. The average Bonchev–Trinajstić information content (AvgIpc) is 2.48. The van der Waals surface area contributed by atoms with Gasteiger partial charge in [-0.1, -0.05) is 12.1 Å². The second kappa shape index (κ2) is 3.02. The summed E-state index contributed by atoms with van der Waals surface area (Å²) in [6.45, 7) is 0. The summed E-state index contributed by atoms with van der Waals surface area (Å²) in [6.07, 6.45) is 0. The lowest BCUT2D eigenvalue weighted by atomic mass is 10.3. The summed E-state index contributed by atoms with van der Waals surface area (Å²) in [4.78, 5) is 3.92. The van der Waals surface area contributed by atoms with Gasteiger partial charge in [0.25, 0.3) is 0 Å². The van der Waals surface area contributed by atoms with Gasteiger partial charge in [0.05, 0.1) is 4.70 Å². The number of guanidine groups is 1. The monoisotopic (exact) mass is 192 g/mol. The van der Waals surface area contributed by atoms with E-state index in [2.05, 4.69) is 9.37 Å². The number of aromatic nitrogens is 1. The first kappa shape index (κ1) is 8.00.